The van der Waals surface area contributed by atoms with Gasteiger partial charge in [0, 0.05) is 17.7 Å². The summed E-state index contributed by atoms with van der Waals surface area (Å²) < 4.78 is 19.4. The summed E-state index contributed by atoms with van der Waals surface area (Å²) in [5.74, 6) is -2.33. The molecule has 4 aromatic rings. The number of hydrogen-bond acceptors (Lipinski definition) is 6. The van der Waals surface area contributed by atoms with Crippen LogP contribution in [0.25, 0.3) is 0 Å². The Balaban J connectivity index is 1.49. The zero-order chi connectivity index (χ0) is 31.1. The molecule has 1 heterocycles. The molecule has 0 spiro atoms. The maximum absolute atomic E-state index is 14.5. The number of ether oxygens (including phenoxy) is 1. The van der Waals surface area contributed by atoms with E-state index in [9.17, 15) is 24.2 Å². The fourth-order valence-corrected chi connectivity index (χ4v) is 5.49. The SMILES string of the molecule is COc1ccc([C@@H](O)[C@H](N=C(c2ccccc2)c2ccccc2NC(=O)[C@@H]2CCCN2Cc2ccccc2)C(=O)O)cc1F. The monoisotopic (exact) mass is 595 g/mol. The Bertz CT molecular complexity index is 1630. The lowest BCUT2D eigenvalue weighted by atomic mass is 9.97. The van der Waals surface area contributed by atoms with Gasteiger partial charge in [0.15, 0.2) is 17.6 Å². The van der Waals surface area contributed by atoms with Gasteiger partial charge < -0.3 is 20.3 Å². The van der Waals surface area contributed by atoms with Gasteiger partial charge in [-0.15, -0.1) is 0 Å². The molecular formula is C35H34FN3O5. The van der Waals surface area contributed by atoms with Crippen LogP contribution in [0, 0.1) is 5.82 Å². The predicted molar refractivity (Wildman–Crippen MR) is 166 cm³/mol. The van der Waals surface area contributed by atoms with E-state index in [1.54, 1.807) is 48.5 Å². The van der Waals surface area contributed by atoms with Crippen LogP contribution >= 0.6 is 0 Å². The topological polar surface area (TPSA) is 111 Å². The first-order valence-corrected chi connectivity index (χ1v) is 14.4. The summed E-state index contributed by atoms with van der Waals surface area (Å²) in [6.07, 6.45) is -0.0574. The Kier molecular flexibility index (Phi) is 9.79. The zero-order valence-electron chi connectivity index (χ0n) is 24.3. The van der Waals surface area contributed by atoms with Crippen molar-refractivity contribution in [3.63, 3.8) is 0 Å². The number of nitrogens with one attached hydrogen (secondary N) is 1. The van der Waals surface area contributed by atoms with Gasteiger partial charge in [-0.2, -0.15) is 0 Å². The molecule has 226 valence electrons. The van der Waals surface area contributed by atoms with Crippen molar-refractivity contribution in [1.29, 1.82) is 0 Å². The number of carboxylic acid groups (broad SMARTS) is 1. The van der Waals surface area contributed by atoms with Gasteiger partial charge in [-0.05, 0) is 48.7 Å². The number of carboxylic acids is 1. The van der Waals surface area contributed by atoms with Crippen LogP contribution in [0.15, 0.2) is 108 Å². The molecule has 0 aliphatic carbocycles. The molecule has 1 aliphatic rings. The van der Waals surface area contributed by atoms with Gasteiger partial charge in [0.05, 0.1) is 24.6 Å². The number of para-hydroxylation sites is 1. The van der Waals surface area contributed by atoms with E-state index in [0.29, 0.717) is 29.8 Å². The highest BCUT2D eigenvalue weighted by atomic mass is 19.1. The molecule has 3 atom stereocenters. The van der Waals surface area contributed by atoms with Crippen molar-refractivity contribution in [1.82, 2.24) is 4.90 Å². The standard InChI is InChI=1S/C35H34FN3O5/c1-44-30-19-18-25(21-27(30)36)33(40)32(35(42)43)38-31(24-13-6-3-7-14-24)26-15-8-9-16-28(26)37-34(41)29-17-10-20-39(29)22-23-11-4-2-5-12-23/h2-9,11-16,18-19,21,29,32-33,40H,10,17,20,22H2,1H3,(H,37,41)(H,42,43)/t29-,32-,33+/m0/s1. The van der Waals surface area contributed by atoms with Gasteiger partial charge in [0.2, 0.25) is 5.91 Å². The van der Waals surface area contributed by atoms with Gasteiger partial charge >= 0.3 is 5.97 Å². The number of rotatable bonds is 11. The number of likely N-dealkylation sites (tertiary alicyclic amines) is 1. The molecule has 44 heavy (non-hydrogen) atoms. The molecule has 1 saturated heterocycles. The molecule has 9 heteroatoms. The lowest BCUT2D eigenvalue weighted by molar-refractivity contribution is -0.141. The molecule has 0 aromatic heterocycles. The third kappa shape index (κ3) is 7.02. The molecule has 0 unspecified atom stereocenters. The molecule has 5 rings (SSSR count). The van der Waals surface area contributed by atoms with Crippen LogP contribution in [-0.4, -0.2) is 58.4 Å². The Labute approximate surface area is 255 Å². The summed E-state index contributed by atoms with van der Waals surface area (Å²) in [7, 11) is 1.31. The van der Waals surface area contributed by atoms with E-state index in [4.69, 9.17) is 4.74 Å². The molecule has 0 saturated carbocycles. The van der Waals surface area contributed by atoms with E-state index in [1.165, 1.54) is 19.2 Å². The second-order valence-corrected chi connectivity index (χ2v) is 10.6. The summed E-state index contributed by atoms with van der Waals surface area (Å²) in [6.45, 7) is 1.46. The number of aliphatic hydroxyl groups is 1. The smallest absolute Gasteiger partial charge is 0.331 e. The van der Waals surface area contributed by atoms with Crippen molar-refractivity contribution >= 4 is 23.3 Å². The fraction of sp³-hybridized carbons (Fsp3) is 0.229. The first kappa shape index (κ1) is 30.6. The number of anilines is 1. The number of methoxy groups -OCH3 is 1. The van der Waals surface area contributed by atoms with E-state index in [0.717, 1.165) is 24.6 Å². The van der Waals surface area contributed by atoms with Crippen molar-refractivity contribution in [3.8, 4) is 5.75 Å². The van der Waals surface area contributed by atoms with Crippen LogP contribution in [-0.2, 0) is 16.1 Å². The number of aliphatic carboxylic acids is 1. The summed E-state index contributed by atoms with van der Waals surface area (Å²) in [6, 6.07) is 27.7. The third-order valence-corrected chi connectivity index (χ3v) is 7.72. The number of amides is 1. The zero-order valence-corrected chi connectivity index (χ0v) is 24.3. The largest absolute Gasteiger partial charge is 0.494 e. The van der Waals surface area contributed by atoms with Gasteiger partial charge in [0.25, 0.3) is 0 Å². The summed E-state index contributed by atoms with van der Waals surface area (Å²) >= 11 is 0. The lowest BCUT2D eigenvalue weighted by Crippen LogP contribution is -2.39. The Morgan fingerprint density at radius 2 is 1.68 bits per heavy atom. The second kappa shape index (κ2) is 14.1. The van der Waals surface area contributed by atoms with Crippen LogP contribution in [0.1, 0.15) is 41.2 Å². The van der Waals surface area contributed by atoms with E-state index < -0.39 is 23.9 Å². The van der Waals surface area contributed by atoms with E-state index in [1.807, 2.05) is 36.4 Å². The Morgan fingerprint density at radius 1 is 1.00 bits per heavy atom. The van der Waals surface area contributed by atoms with E-state index >= 15 is 0 Å². The van der Waals surface area contributed by atoms with Crippen molar-refractivity contribution in [2.45, 2.75) is 37.6 Å². The molecule has 1 fully saturated rings. The summed E-state index contributed by atoms with van der Waals surface area (Å²) in [4.78, 5) is 32.9. The van der Waals surface area contributed by atoms with Crippen LogP contribution in [0.2, 0.25) is 0 Å². The van der Waals surface area contributed by atoms with Gasteiger partial charge in [0.1, 0.15) is 6.10 Å². The Hall–Kier alpha value is -4.86. The van der Waals surface area contributed by atoms with Crippen LogP contribution < -0.4 is 10.1 Å². The number of halogens is 1. The van der Waals surface area contributed by atoms with Crippen LogP contribution in [0.4, 0.5) is 10.1 Å². The number of aliphatic imine (C=N–C) groups is 1. The number of benzene rings is 4. The maximum Gasteiger partial charge on any atom is 0.331 e. The van der Waals surface area contributed by atoms with Crippen molar-refractivity contribution in [3.05, 3.63) is 131 Å². The molecular weight excluding hydrogens is 561 g/mol. The molecule has 1 amide bonds. The number of nitrogens with zero attached hydrogens (tertiary/aromatic N) is 2. The molecule has 1 aliphatic heterocycles. The lowest BCUT2D eigenvalue weighted by Gasteiger charge is -2.24. The number of aliphatic hydroxyl groups excluding tert-OH is 1. The molecule has 8 nitrogen and oxygen atoms in total. The van der Waals surface area contributed by atoms with Crippen LogP contribution in [0.5, 0.6) is 5.75 Å². The first-order valence-electron chi connectivity index (χ1n) is 14.4. The summed E-state index contributed by atoms with van der Waals surface area (Å²) in [5.41, 5.74) is 2.95. The van der Waals surface area contributed by atoms with E-state index in [-0.39, 0.29) is 29.0 Å². The van der Waals surface area contributed by atoms with Crippen LogP contribution in [0.3, 0.4) is 0 Å². The van der Waals surface area contributed by atoms with Gasteiger partial charge in [-0.3, -0.25) is 14.7 Å². The normalized spacial score (nSPS) is 16.7. The van der Waals surface area contributed by atoms with Crippen molar-refractivity contribution < 1.29 is 28.9 Å². The number of carbonyl (C=O) groups excluding carboxylic acids is 1. The average Bonchev–Trinajstić information content (AvgIpc) is 3.50. The second-order valence-electron chi connectivity index (χ2n) is 10.6. The molecule has 4 aromatic carbocycles. The minimum atomic E-state index is -1.68. The number of hydrogen-bond donors (Lipinski definition) is 3. The Morgan fingerprint density at radius 3 is 2.36 bits per heavy atom. The quantitative estimate of drug-likeness (QED) is 0.199. The van der Waals surface area contributed by atoms with E-state index in [2.05, 4.69) is 15.2 Å². The molecule has 0 bridgehead atoms. The summed E-state index contributed by atoms with van der Waals surface area (Å²) in [5, 5.41) is 24.4. The third-order valence-electron chi connectivity index (χ3n) is 7.72. The van der Waals surface area contributed by atoms with Gasteiger partial charge in [-0.25, -0.2) is 9.18 Å². The van der Waals surface area contributed by atoms with Crippen molar-refractivity contribution in [2.75, 3.05) is 19.0 Å². The highest BCUT2D eigenvalue weighted by Crippen LogP contribution is 2.29. The van der Waals surface area contributed by atoms with Crippen molar-refractivity contribution in [2.24, 2.45) is 4.99 Å². The number of carbonyl (C=O) groups is 2. The molecule has 0 radical (unpaired) electrons. The highest BCUT2D eigenvalue weighted by molar-refractivity contribution is 6.17. The van der Waals surface area contributed by atoms with Gasteiger partial charge in [-0.1, -0.05) is 84.9 Å². The molecule has 3 N–H and O–H groups in total. The predicted octanol–water partition coefficient (Wildman–Crippen LogP) is 5.46. The minimum Gasteiger partial charge on any atom is -0.494 e. The first-order chi connectivity index (χ1) is 21.4. The maximum atomic E-state index is 14.5. The highest BCUT2D eigenvalue weighted by Gasteiger charge is 2.32. The minimum absolute atomic E-state index is 0.0319. The average molecular weight is 596 g/mol. The fourth-order valence-electron chi connectivity index (χ4n) is 5.49.